The molecule has 1 aromatic heterocycles. The van der Waals surface area contributed by atoms with Gasteiger partial charge in [0.25, 0.3) is 0 Å². The highest BCUT2D eigenvalue weighted by Crippen LogP contribution is 2.40. The summed E-state index contributed by atoms with van der Waals surface area (Å²) in [5, 5.41) is 3.28. The van der Waals surface area contributed by atoms with Crippen LogP contribution in [0, 0.1) is 0 Å². The van der Waals surface area contributed by atoms with E-state index in [4.69, 9.17) is 9.47 Å². The first-order chi connectivity index (χ1) is 15.7. The van der Waals surface area contributed by atoms with Gasteiger partial charge >= 0.3 is 11.9 Å². The smallest absolute Gasteiger partial charge is 0.336 e. The molecular weight excluding hydrogens is 418 g/mol. The minimum absolute atomic E-state index is 0.0191. The van der Waals surface area contributed by atoms with Gasteiger partial charge in [-0.2, -0.15) is 0 Å². The Morgan fingerprint density at radius 2 is 1.64 bits per heavy atom. The Balaban J connectivity index is 2.19. The number of carbonyl (C=O) groups is 2. The number of dihydropyridines is 1. The third kappa shape index (κ3) is 5.35. The molecule has 1 aromatic carbocycles. The largest absolute Gasteiger partial charge is 0.463 e. The van der Waals surface area contributed by atoms with Gasteiger partial charge in [0.2, 0.25) is 0 Å². The van der Waals surface area contributed by atoms with Crippen LogP contribution in [0.5, 0.6) is 0 Å². The number of rotatable bonds is 7. The van der Waals surface area contributed by atoms with E-state index in [1.807, 2.05) is 42.0 Å². The summed E-state index contributed by atoms with van der Waals surface area (Å²) in [7, 11) is 0. The SMILES string of the molecule is CCOC(=O)C1=C(C)NC(Cn2ccnc2)=C(C(=O)OCC)C1c1ccc(C(C)(C)C)cc1. The standard InChI is InChI=1S/C26H33N3O4/c1-7-32-24(30)21-17(3)28-20(15-29-14-13-27-16-29)23(25(31)33-8-2)22(21)18-9-11-19(12-10-18)26(4,5)6/h9-14,16,22,28H,7-8,15H2,1-6H3. The summed E-state index contributed by atoms with van der Waals surface area (Å²) >= 11 is 0. The average Bonchev–Trinajstić information content (AvgIpc) is 3.26. The van der Waals surface area contributed by atoms with Crippen molar-refractivity contribution < 1.29 is 19.1 Å². The van der Waals surface area contributed by atoms with Gasteiger partial charge in [-0.25, -0.2) is 14.6 Å². The molecule has 1 aliphatic rings. The Morgan fingerprint density at radius 3 is 2.15 bits per heavy atom. The first kappa shape index (κ1) is 24.3. The van der Waals surface area contributed by atoms with Crippen LogP contribution in [0.4, 0.5) is 0 Å². The van der Waals surface area contributed by atoms with Crippen molar-refractivity contribution in [1.82, 2.24) is 14.9 Å². The summed E-state index contributed by atoms with van der Waals surface area (Å²) in [6, 6.07) is 8.07. The second-order valence-corrected chi connectivity index (χ2v) is 9.04. The van der Waals surface area contributed by atoms with E-state index in [9.17, 15) is 9.59 Å². The fourth-order valence-electron chi connectivity index (χ4n) is 4.02. The zero-order chi connectivity index (χ0) is 24.2. The van der Waals surface area contributed by atoms with Gasteiger partial charge in [-0.15, -0.1) is 0 Å². The lowest BCUT2D eigenvalue weighted by atomic mass is 9.78. The van der Waals surface area contributed by atoms with Gasteiger partial charge in [-0.05, 0) is 37.3 Å². The summed E-state index contributed by atoms with van der Waals surface area (Å²) < 4.78 is 12.7. The van der Waals surface area contributed by atoms with E-state index in [0.29, 0.717) is 29.1 Å². The predicted molar refractivity (Wildman–Crippen MR) is 126 cm³/mol. The Kier molecular flexibility index (Phi) is 7.41. The van der Waals surface area contributed by atoms with E-state index in [1.165, 1.54) is 5.56 Å². The number of hydrogen-bond acceptors (Lipinski definition) is 6. The van der Waals surface area contributed by atoms with Gasteiger partial charge in [0.15, 0.2) is 0 Å². The number of benzene rings is 1. The fourth-order valence-corrected chi connectivity index (χ4v) is 4.02. The molecule has 0 bridgehead atoms. The molecule has 2 heterocycles. The highest BCUT2D eigenvalue weighted by Gasteiger charge is 2.39. The highest BCUT2D eigenvalue weighted by atomic mass is 16.5. The van der Waals surface area contributed by atoms with Crippen molar-refractivity contribution >= 4 is 11.9 Å². The minimum Gasteiger partial charge on any atom is -0.463 e. The molecule has 3 rings (SSSR count). The van der Waals surface area contributed by atoms with Gasteiger partial charge in [0.05, 0.1) is 43.1 Å². The summed E-state index contributed by atoms with van der Waals surface area (Å²) in [4.78, 5) is 30.4. The van der Waals surface area contributed by atoms with Gasteiger partial charge in [0.1, 0.15) is 0 Å². The molecule has 1 unspecified atom stereocenters. The lowest BCUT2D eigenvalue weighted by Crippen LogP contribution is -2.34. The third-order valence-corrected chi connectivity index (χ3v) is 5.65. The zero-order valence-corrected chi connectivity index (χ0v) is 20.3. The molecule has 1 aliphatic heterocycles. The fraction of sp³-hybridized carbons (Fsp3) is 0.423. The van der Waals surface area contributed by atoms with Crippen LogP contribution in [0.3, 0.4) is 0 Å². The van der Waals surface area contributed by atoms with Crippen molar-refractivity contribution in [2.24, 2.45) is 0 Å². The van der Waals surface area contributed by atoms with Crippen molar-refractivity contribution in [3.05, 3.63) is 76.7 Å². The second kappa shape index (κ2) is 10.1. The van der Waals surface area contributed by atoms with Crippen LogP contribution in [-0.2, 0) is 31.0 Å². The molecule has 0 saturated heterocycles. The van der Waals surface area contributed by atoms with Crippen LogP contribution in [0.25, 0.3) is 0 Å². The Labute approximate surface area is 195 Å². The van der Waals surface area contributed by atoms with Crippen molar-refractivity contribution in [1.29, 1.82) is 0 Å². The summed E-state index contributed by atoms with van der Waals surface area (Å²) in [5.74, 6) is -1.52. The van der Waals surface area contributed by atoms with Crippen molar-refractivity contribution in [2.45, 2.75) is 59.4 Å². The molecule has 0 radical (unpaired) electrons. The van der Waals surface area contributed by atoms with Crippen LogP contribution in [-0.4, -0.2) is 34.7 Å². The van der Waals surface area contributed by atoms with Crippen LogP contribution in [0.2, 0.25) is 0 Å². The number of esters is 2. The van der Waals surface area contributed by atoms with Crippen molar-refractivity contribution in [3.8, 4) is 0 Å². The van der Waals surface area contributed by atoms with Gasteiger partial charge < -0.3 is 19.4 Å². The molecule has 1 atom stereocenters. The minimum atomic E-state index is -0.614. The maximum Gasteiger partial charge on any atom is 0.336 e. The van der Waals surface area contributed by atoms with E-state index in [2.05, 4.69) is 31.1 Å². The normalized spacial score (nSPS) is 16.5. The Morgan fingerprint density at radius 1 is 1.03 bits per heavy atom. The van der Waals surface area contributed by atoms with E-state index in [0.717, 1.165) is 5.56 Å². The first-order valence-electron chi connectivity index (χ1n) is 11.3. The lowest BCUT2D eigenvalue weighted by Gasteiger charge is -2.32. The quantitative estimate of drug-likeness (QED) is 0.635. The maximum atomic E-state index is 13.3. The van der Waals surface area contributed by atoms with Crippen molar-refractivity contribution in [2.75, 3.05) is 13.2 Å². The van der Waals surface area contributed by atoms with Gasteiger partial charge in [-0.1, -0.05) is 45.0 Å². The molecule has 0 fully saturated rings. The van der Waals surface area contributed by atoms with E-state index < -0.39 is 17.9 Å². The zero-order valence-electron chi connectivity index (χ0n) is 20.3. The number of hydrogen-bond donors (Lipinski definition) is 1. The van der Waals surface area contributed by atoms with E-state index >= 15 is 0 Å². The summed E-state index contributed by atoms with van der Waals surface area (Å²) in [6.07, 6.45) is 5.19. The van der Waals surface area contributed by atoms with Crippen LogP contribution in [0.15, 0.2) is 65.5 Å². The first-order valence-corrected chi connectivity index (χ1v) is 11.3. The predicted octanol–water partition coefficient (Wildman–Crippen LogP) is 4.22. The van der Waals surface area contributed by atoms with Crippen LogP contribution in [0.1, 0.15) is 58.6 Å². The molecular formula is C26H33N3O4. The van der Waals surface area contributed by atoms with Gasteiger partial charge in [0, 0.05) is 23.8 Å². The number of nitrogens with one attached hydrogen (secondary N) is 1. The van der Waals surface area contributed by atoms with E-state index in [-0.39, 0.29) is 18.6 Å². The summed E-state index contributed by atoms with van der Waals surface area (Å²) in [5.41, 5.74) is 4.12. The van der Waals surface area contributed by atoms with Crippen LogP contribution >= 0.6 is 0 Å². The highest BCUT2D eigenvalue weighted by molar-refractivity contribution is 6.00. The Bertz CT molecular complexity index is 1060. The molecule has 0 aliphatic carbocycles. The topological polar surface area (TPSA) is 82.5 Å². The number of imidazole rings is 1. The summed E-state index contributed by atoms with van der Waals surface area (Å²) in [6.45, 7) is 12.7. The van der Waals surface area contributed by atoms with Crippen LogP contribution < -0.4 is 5.32 Å². The average molecular weight is 452 g/mol. The second-order valence-electron chi connectivity index (χ2n) is 9.04. The number of allylic oxidation sites excluding steroid dienone is 2. The monoisotopic (exact) mass is 451 g/mol. The number of aromatic nitrogens is 2. The van der Waals surface area contributed by atoms with E-state index in [1.54, 1.807) is 26.4 Å². The molecule has 176 valence electrons. The van der Waals surface area contributed by atoms with Gasteiger partial charge in [-0.3, -0.25) is 0 Å². The van der Waals surface area contributed by atoms with Crippen molar-refractivity contribution in [3.63, 3.8) is 0 Å². The molecule has 0 spiro atoms. The molecule has 2 aromatic rings. The maximum absolute atomic E-state index is 13.3. The molecule has 0 amide bonds. The molecule has 7 heteroatoms. The molecule has 7 nitrogen and oxygen atoms in total. The Hall–Kier alpha value is -3.35. The molecule has 1 N–H and O–H groups in total. The lowest BCUT2D eigenvalue weighted by molar-refractivity contribution is -0.139. The number of nitrogens with zero attached hydrogens (tertiary/aromatic N) is 2. The molecule has 33 heavy (non-hydrogen) atoms. The number of carbonyl (C=O) groups excluding carboxylic acids is 2. The number of ether oxygens (including phenoxy) is 2. The molecule has 0 saturated carbocycles. The third-order valence-electron chi connectivity index (χ3n) is 5.65.